The number of para-hydroxylation sites is 1. The number of fused-ring (bicyclic) bond motifs is 1. The van der Waals surface area contributed by atoms with Gasteiger partial charge >= 0.3 is 0 Å². The second-order valence-corrected chi connectivity index (χ2v) is 7.50. The molecule has 0 spiro atoms. The first-order valence-corrected chi connectivity index (χ1v) is 10.5. The van der Waals surface area contributed by atoms with Crippen LogP contribution in [0.3, 0.4) is 0 Å². The molecular weight excluding hydrogens is 372 g/mol. The number of amides is 1. The van der Waals surface area contributed by atoms with Gasteiger partial charge in [0, 0.05) is 28.8 Å². The van der Waals surface area contributed by atoms with Crippen LogP contribution in [0.5, 0.6) is 5.75 Å². The van der Waals surface area contributed by atoms with E-state index in [9.17, 15) is 4.79 Å². The van der Waals surface area contributed by atoms with Gasteiger partial charge in [0.15, 0.2) is 24.7 Å². The van der Waals surface area contributed by atoms with Gasteiger partial charge in [0.1, 0.15) is 6.10 Å². The van der Waals surface area contributed by atoms with Crippen molar-refractivity contribution < 1.29 is 14.1 Å². The molecule has 1 unspecified atom stereocenters. The predicted molar refractivity (Wildman–Crippen MR) is 120 cm³/mol. The number of pyridine rings is 1. The van der Waals surface area contributed by atoms with Crippen molar-refractivity contribution in [3.8, 4) is 5.75 Å². The van der Waals surface area contributed by atoms with E-state index in [0.717, 1.165) is 35.5 Å². The molecule has 1 aliphatic heterocycles. The molecule has 4 nitrogen and oxygen atoms in total. The Morgan fingerprint density at radius 2 is 1.87 bits per heavy atom. The zero-order valence-electron chi connectivity index (χ0n) is 17.5. The minimum absolute atomic E-state index is 0.00884. The second-order valence-electron chi connectivity index (χ2n) is 7.50. The maximum atomic E-state index is 13.4. The zero-order chi connectivity index (χ0) is 20.9. The maximum Gasteiger partial charge on any atom is 0.258 e. The Labute approximate surface area is 178 Å². The van der Waals surface area contributed by atoms with Gasteiger partial charge in [0.25, 0.3) is 5.91 Å². The van der Waals surface area contributed by atoms with Crippen LogP contribution < -0.4 is 14.2 Å². The molecule has 0 aliphatic carbocycles. The van der Waals surface area contributed by atoms with Crippen molar-refractivity contribution in [1.82, 2.24) is 0 Å². The molecule has 0 N–H and O–H groups in total. The third-order valence-electron chi connectivity index (χ3n) is 5.38. The Kier molecular flexibility index (Phi) is 5.94. The highest BCUT2D eigenvalue weighted by molar-refractivity contribution is 6.07. The molecule has 0 bridgehead atoms. The van der Waals surface area contributed by atoms with E-state index in [0.29, 0.717) is 12.1 Å². The average molecular weight is 400 g/mol. The van der Waals surface area contributed by atoms with Gasteiger partial charge < -0.3 is 9.64 Å². The van der Waals surface area contributed by atoms with Gasteiger partial charge in [-0.3, -0.25) is 4.79 Å². The minimum atomic E-state index is -0.0124. The molecule has 0 saturated carbocycles. The number of hydrogen-bond donors (Lipinski definition) is 0. The van der Waals surface area contributed by atoms with Crippen molar-refractivity contribution in [2.24, 2.45) is 0 Å². The lowest BCUT2D eigenvalue weighted by atomic mass is 10.0. The molecule has 0 saturated heterocycles. The van der Waals surface area contributed by atoms with Crippen molar-refractivity contribution in [2.75, 3.05) is 11.4 Å². The van der Waals surface area contributed by atoms with Gasteiger partial charge in [-0.1, -0.05) is 49.4 Å². The van der Waals surface area contributed by atoms with E-state index in [2.05, 4.69) is 11.5 Å². The number of allylic oxidation sites excluding steroid dienone is 1. The molecule has 30 heavy (non-hydrogen) atoms. The van der Waals surface area contributed by atoms with Gasteiger partial charge in [-0.25, -0.2) is 4.57 Å². The van der Waals surface area contributed by atoms with Crippen molar-refractivity contribution >= 4 is 17.7 Å². The lowest BCUT2D eigenvalue weighted by Gasteiger charge is -2.35. The fraction of sp³-hybridized carbons (Fsp3) is 0.231. The predicted octanol–water partition coefficient (Wildman–Crippen LogP) is 4.87. The summed E-state index contributed by atoms with van der Waals surface area (Å²) in [6.45, 7) is 5.41. The molecule has 1 aromatic heterocycles. The molecule has 4 rings (SSSR count). The summed E-state index contributed by atoms with van der Waals surface area (Å²) in [5.74, 6) is 0.800. The highest BCUT2D eigenvalue weighted by Crippen LogP contribution is 2.38. The molecule has 3 aromatic rings. The molecule has 1 amide bonds. The number of nitrogens with zero attached hydrogens (tertiary/aromatic N) is 2. The lowest BCUT2D eigenvalue weighted by Crippen LogP contribution is -2.43. The van der Waals surface area contributed by atoms with E-state index in [1.165, 1.54) is 0 Å². The number of hydrogen-bond acceptors (Lipinski definition) is 2. The van der Waals surface area contributed by atoms with Crippen molar-refractivity contribution in [3.63, 3.8) is 0 Å². The minimum Gasteiger partial charge on any atom is -0.486 e. The van der Waals surface area contributed by atoms with Crippen molar-refractivity contribution in [3.05, 3.63) is 95.8 Å². The van der Waals surface area contributed by atoms with Gasteiger partial charge in [-0.2, -0.15) is 0 Å². The van der Waals surface area contributed by atoms with E-state index in [1.54, 1.807) is 0 Å². The summed E-state index contributed by atoms with van der Waals surface area (Å²) in [5.41, 5.74) is 3.69. The average Bonchev–Trinajstić information content (AvgIpc) is 2.79. The standard InChI is InChI=1S/C26H27N2O2/c1-3-9-21-10-8-11-24-25(21)30-23(4-2)19-28(24)26(29)22-14-12-20(13-15-22)18-27-16-6-5-7-17-27/h3,5-17,23H,4,18-19H2,1-2H3/q+1. The summed E-state index contributed by atoms with van der Waals surface area (Å²) in [7, 11) is 0. The van der Waals surface area contributed by atoms with Gasteiger partial charge in [-0.05, 0) is 31.5 Å². The summed E-state index contributed by atoms with van der Waals surface area (Å²) in [6, 6.07) is 19.9. The molecule has 4 heteroatoms. The van der Waals surface area contributed by atoms with E-state index in [-0.39, 0.29) is 12.0 Å². The topological polar surface area (TPSA) is 33.4 Å². The smallest absolute Gasteiger partial charge is 0.258 e. The maximum absolute atomic E-state index is 13.4. The normalized spacial score (nSPS) is 15.7. The Balaban J connectivity index is 1.61. The van der Waals surface area contributed by atoms with Crippen LogP contribution in [0.4, 0.5) is 5.69 Å². The Morgan fingerprint density at radius 3 is 2.57 bits per heavy atom. The van der Waals surface area contributed by atoms with E-state index < -0.39 is 0 Å². The van der Waals surface area contributed by atoms with E-state index in [1.807, 2.05) is 97.0 Å². The van der Waals surface area contributed by atoms with Gasteiger partial charge in [-0.15, -0.1) is 0 Å². The van der Waals surface area contributed by atoms with E-state index >= 15 is 0 Å². The summed E-state index contributed by atoms with van der Waals surface area (Å²) < 4.78 is 8.33. The number of carbonyl (C=O) groups is 1. The molecule has 0 fully saturated rings. The molecular formula is C26H27N2O2+. The third-order valence-corrected chi connectivity index (χ3v) is 5.38. The highest BCUT2D eigenvalue weighted by Gasteiger charge is 2.30. The first-order valence-electron chi connectivity index (χ1n) is 10.5. The molecule has 2 aromatic carbocycles. The first-order chi connectivity index (χ1) is 14.7. The number of benzene rings is 2. The largest absolute Gasteiger partial charge is 0.486 e. The highest BCUT2D eigenvalue weighted by atomic mass is 16.5. The van der Waals surface area contributed by atoms with Crippen molar-refractivity contribution in [2.45, 2.75) is 32.9 Å². The Hall–Kier alpha value is -3.40. The van der Waals surface area contributed by atoms with Crippen LogP contribution >= 0.6 is 0 Å². The van der Waals surface area contributed by atoms with Crippen LogP contribution in [0, 0.1) is 0 Å². The summed E-state index contributed by atoms with van der Waals surface area (Å²) in [4.78, 5) is 15.3. The number of aromatic nitrogens is 1. The fourth-order valence-electron chi connectivity index (χ4n) is 3.76. The van der Waals surface area contributed by atoms with Crippen LogP contribution in [-0.4, -0.2) is 18.6 Å². The van der Waals surface area contributed by atoms with Crippen LogP contribution in [0.1, 0.15) is 41.8 Å². The van der Waals surface area contributed by atoms with Crippen LogP contribution in [0.25, 0.3) is 6.08 Å². The molecule has 0 radical (unpaired) electrons. The first kappa shape index (κ1) is 19.9. The third kappa shape index (κ3) is 4.13. The van der Waals surface area contributed by atoms with Crippen molar-refractivity contribution in [1.29, 1.82) is 0 Å². The Morgan fingerprint density at radius 1 is 1.10 bits per heavy atom. The lowest BCUT2D eigenvalue weighted by molar-refractivity contribution is -0.688. The van der Waals surface area contributed by atoms with Gasteiger partial charge in [0.2, 0.25) is 0 Å². The number of ether oxygens (including phenoxy) is 1. The monoisotopic (exact) mass is 399 g/mol. The number of carbonyl (C=O) groups excluding carboxylic acids is 1. The number of anilines is 1. The SMILES string of the molecule is CC=Cc1cccc2c1OC(CC)CN2C(=O)c1ccc(C[n+]2ccccc2)cc1. The quantitative estimate of drug-likeness (QED) is 0.573. The summed E-state index contributed by atoms with van der Waals surface area (Å²) >= 11 is 0. The molecule has 1 atom stereocenters. The fourth-order valence-corrected chi connectivity index (χ4v) is 3.76. The van der Waals surface area contributed by atoms with Crippen LogP contribution in [0.15, 0.2) is 79.1 Å². The van der Waals surface area contributed by atoms with E-state index in [4.69, 9.17) is 4.74 Å². The zero-order valence-corrected chi connectivity index (χ0v) is 17.5. The molecule has 1 aliphatic rings. The van der Waals surface area contributed by atoms with Crippen LogP contribution in [0.2, 0.25) is 0 Å². The summed E-state index contributed by atoms with van der Waals surface area (Å²) in [6.07, 6.45) is 8.93. The molecule has 152 valence electrons. The summed E-state index contributed by atoms with van der Waals surface area (Å²) in [5, 5.41) is 0. The molecule has 2 heterocycles. The Bertz CT molecular complexity index is 1040. The number of rotatable bonds is 5. The second kappa shape index (κ2) is 8.95. The van der Waals surface area contributed by atoms with Gasteiger partial charge in [0.05, 0.1) is 12.2 Å². The van der Waals surface area contributed by atoms with Crippen LogP contribution in [-0.2, 0) is 6.54 Å².